The zero-order valence-electron chi connectivity index (χ0n) is 21.8. The highest BCUT2D eigenvalue weighted by Gasteiger charge is 2.18. The second-order valence-electron chi connectivity index (χ2n) is 8.55. The Balaban J connectivity index is 1.66. The van der Waals surface area contributed by atoms with E-state index in [1.165, 1.54) is 21.3 Å². The summed E-state index contributed by atoms with van der Waals surface area (Å²) in [6.07, 6.45) is 3.31. The van der Waals surface area contributed by atoms with Crippen LogP contribution in [0.15, 0.2) is 36.4 Å². The lowest BCUT2D eigenvalue weighted by Crippen LogP contribution is -2.31. The smallest absolute Gasteiger partial charge is 0.251 e. The van der Waals surface area contributed by atoms with Gasteiger partial charge in [-0.05, 0) is 37.1 Å². The van der Waals surface area contributed by atoms with Crippen LogP contribution in [0.5, 0.6) is 17.2 Å². The molecule has 0 aliphatic carbocycles. The molecular weight excluding hydrogens is 460 g/mol. The minimum atomic E-state index is -0.240. The summed E-state index contributed by atoms with van der Waals surface area (Å²) in [6.45, 7) is 3.54. The number of hydrogen-bond acceptors (Lipinski definition) is 6. The van der Waals surface area contributed by atoms with Gasteiger partial charge in [0.25, 0.3) is 5.91 Å². The third kappa shape index (κ3) is 6.27. The van der Waals surface area contributed by atoms with E-state index in [1.54, 1.807) is 17.0 Å². The Morgan fingerprint density at radius 3 is 2.36 bits per heavy atom. The number of fused-ring (bicyclic) bond motifs is 1. The standard InChI is InChI=1S/C27H36N4O5/c1-6-7-15-30(2)25(32)18-31-21-12-9-8-11-20(21)29-24(31)13-10-14-28-27(33)19-16-22(34-3)26(36-5)23(17-19)35-4/h8-9,11-12,16-17H,6-7,10,13-15,18H2,1-5H3,(H,28,33). The number of ether oxygens (including phenoxy) is 3. The molecule has 0 saturated carbocycles. The van der Waals surface area contributed by atoms with Crippen molar-refractivity contribution in [3.63, 3.8) is 0 Å². The van der Waals surface area contributed by atoms with Crippen molar-refractivity contribution in [2.24, 2.45) is 0 Å². The highest BCUT2D eigenvalue weighted by molar-refractivity contribution is 5.95. The van der Waals surface area contributed by atoms with Gasteiger partial charge in [-0.2, -0.15) is 0 Å². The number of para-hydroxylation sites is 2. The normalized spacial score (nSPS) is 10.8. The van der Waals surface area contributed by atoms with Crippen molar-refractivity contribution in [2.75, 3.05) is 41.5 Å². The van der Waals surface area contributed by atoms with E-state index in [2.05, 4.69) is 12.2 Å². The Bertz CT molecular complexity index is 1170. The van der Waals surface area contributed by atoms with Crippen molar-refractivity contribution < 1.29 is 23.8 Å². The van der Waals surface area contributed by atoms with Crippen LogP contribution in [0.4, 0.5) is 0 Å². The minimum absolute atomic E-state index is 0.0588. The fraction of sp³-hybridized carbons (Fsp3) is 0.444. The number of aromatic nitrogens is 2. The molecule has 36 heavy (non-hydrogen) atoms. The van der Waals surface area contributed by atoms with Gasteiger partial charge in [0.1, 0.15) is 12.4 Å². The van der Waals surface area contributed by atoms with Crippen LogP contribution in [0.3, 0.4) is 0 Å². The first-order valence-corrected chi connectivity index (χ1v) is 12.2. The molecule has 2 aromatic carbocycles. The van der Waals surface area contributed by atoms with Crippen molar-refractivity contribution in [1.29, 1.82) is 0 Å². The average molecular weight is 497 g/mol. The number of benzene rings is 2. The van der Waals surface area contributed by atoms with Crippen molar-refractivity contribution in [2.45, 2.75) is 39.2 Å². The van der Waals surface area contributed by atoms with Gasteiger partial charge in [0.2, 0.25) is 11.7 Å². The molecule has 0 atom stereocenters. The van der Waals surface area contributed by atoms with Gasteiger partial charge < -0.3 is 29.0 Å². The second kappa shape index (κ2) is 12.8. The van der Waals surface area contributed by atoms with Crippen molar-refractivity contribution >= 4 is 22.8 Å². The molecule has 0 saturated heterocycles. The molecule has 1 aromatic heterocycles. The number of amides is 2. The Morgan fingerprint density at radius 1 is 1.03 bits per heavy atom. The highest BCUT2D eigenvalue weighted by Crippen LogP contribution is 2.38. The number of methoxy groups -OCH3 is 3. The summed E-state index contributed by atoms with van der Waals surface area (Å²) in [4.78, 5) is 32.1. The largest absolute Gasteiger partial charge is 0.493 e. The molecule has 9 heteroatoms. The topological polar surface area (TPSA) is 94.9 Å². The van der Waals surface area contributed by atoms with Gasteiger partial charge in [0.15, 0.2) is 11.5 Å². The number of aryl methyl sites for hydroxylation is 1. The number of carbonyl (C=O) groups is 2. The van der Waals surface area contributed by atoms with Crippen LogP contribution in [0, 0.1) is 0 Å². The Morgan fingerprint density at radius 2 is 1.72 bits per heavy atom. The van der Waals surface area contributed by atoms with Gasteiger partial charge in [-0.15, -0.1) is 0 Å². The molecule has 3 aromatic rings. The number of carbonyl (C=O) groups excluding carboxylic acids is 2. The number of hydrogen-bond donors (Lipinski definition) is 1. The lowest BCUT2D eigenvalue weighted by Gasteiger charge is -2.18. The van der Waals surface area contributed by atoms with E-state index >= 15 is 0 Å². The first kappa shape index (κ1) is 26.8. The van der Waals surface area contributed by atoms with Crippen molar-refractivity contribution in [3.8, 4) is 17.2 Å². The maximum atomic E-state index is 12.8. The zero-order valence-corrected chi connectivity index (χ0v) is 21.8. The summed E-state index contributed by atoms with van der Waals surface area (Å²) < 4.78 is 18.0. The molecule has 0 aliphatic heterocycles. The van der Waals surface area contributed by atoms with E-state index in [4.69, 9.17) is 19.2 Å². The summed E-state index contributed by atoms with van der Waals surface area (Å²) in [6, 6.07) is 11.1. The monoisotopic (exact) mass is 496 g/mol. The van der Waals surface area contributed by atoms with Crippen LogP contribution in [0.2, 0.25) is 0 Å². The molecule has 194 valence electrons. The van der Waals surface area contributed by atoms with E-state index in [9.17, 15) is 9.59 Å². The zero-order chi connectivity index (χ0) is 26.1. The van der Waals surface area contributed by atoms with Crippen LogP contribution in [0.1, 0.15) is 42.4 Å². The van der Waals surface area contributed by atoms with Crippen molar-refractivity contribution in [3.05, 3.63) is 47.8 Å². The quantitative estimate of drug-likeness (QED) is 0.363. The lowest BCUT2D eigenvalue weighted by atomic mass is 10.1. The van der Waals surface area contributed by atoms with E-state index < -0.39 is 0 Å². The number of unbranched alkanes of at least 4 members (excludes halogenated alkanes) is 1. The van der Waals surface area contributed by atoms with Crippen LogP contribution < -0.4 is 19.5 Å². The van der Waals surface area contributed by atoms with Gasteiger partial charge in [-0.3, -0.25) is 9.59 Å². The fourth-order valence-electron chi connectivity index (χ4n) is 4.03. The van der Waals surface area contributed by atoms with Gasteiger partial charge in [0.05, 0.1) is 32.4 Å². The highest BCUT2D eigenvalue weighted by atomic mass is 16.5. The van der Waals surface area contributed by atoms with Crippen LogP contribution >= 0.6 is 0 Å². The molecular formula is C27H36N4O5. The number of imidazole rings is 1. The predicted octanol–water partition coefficient (Wildman–Crippen LogP) is 3.68. The van der Waals surface area contributed by atoms with Crippen molar-refractivity contribution in [1.82, 2.24) is 19.8 Å². The fourth-order valence-corrected chi connectivity index (χ4v) is 4.03. The first-order chi connectivity index (χ1) is 17.4. The number of nitrogens with zero attached hydrogens (tertiary/aromatic N) is 3. The van der Waals surface area contributed by atoms with E-state index in [0.717, 1.165) is 36.2 Å². The molecule has 0 radical (unpaired) electrons. The van der Waals surface area contributed by atoms with Crippen LogP contribution in [0.25, 0.3) is 11.0 Å². The summed E-state index contributed by atoms with van der Waals surface area (Å²) in [5.41, 5.74) is 2.21. The van der Waals surface area contributed by atoms with E-state index in [-0.39, 0.29) is 18.4 Å². The summed E-state index contributed by atoms with van der Waals surface area (Å²) in [5.74, 6) is 1.92. The summed E-state index contributed by atoms with van der Waals surface area (Å²) in [5, 5.41) is 2.94. The number of likely N-dealkylation sites (N-methyl/N-ethyl adjacent to an activating group) is 1. The number of rotatable bonds is 13. The summed E-state index contributed by atoms with van der Waals surface area (Å²) >= 11 is 0. The van der Waals surface area contributed by atoms with Crippen LogP contribution in [-0.4, -0.2) is 67.7 Å². The molecule has 9 nitrogen and oxygen atoms in total. The Labute approximate surface area is 212 Å². The molecule has 1 N–H and O–H groups in total. The molecule has 0 fully saturated rings. The Kier molecular flexibility index (Phi) is 9.55. The van der Waals surface area contributed by atoms with Gasteiger partial charge >= 0.3 is 0 Å². The molecule has 0 spiro atoms. The van der Waals surface area contributed by atoms with E-state index in [0.29, 0.717) is 42.2 Å². The first-order valence-electron chi connectivity index (χ1n) is 12.2. The minimum Gasteiger partial charge on any atom is -0.493 e. The van der Waals surface area contributed by atoms with Gasteiger partial charge in [-0.1, -0.05) is 25.5 Å². The van der Waals surface area contributed by atoms with E-state index in [1.807, 2.05) is 35.9 Å². The third-order valence-electron chi connectivity index (χ3n) is 6.09. The Hall–Kier alpha value is -3.75. The number of nitrogens with one attached hydrogen (secondary N) is 1. The predicted molar refractivity (Wildman–Crippen MR) is 139 cm³/mol. The maximum absolute atomic E-state index is 12.8. The molecule has 0 aliphatic rings. The molecule has 2 amide bonds. The third-order valence-corrected chi connectivity index (χ3v) is 6.09. The SMILES string of the molecule is CCCCN(C)C(=O)Cn1c(CCCNC(=O)c2cc(OC)c(OC)c(OC)c2)nc2ccccc21. The lowest BCUT2D eigenvalue weighted by molar-refractivity contribution is -0.130. The summed E-state index contributed by atoms with van der Waals surface area (Å²) in [7, 11) is 6.38. The molecule has 0 unspecified atom stereocenters. The maximum Gasteiger partial charge on any atom is 0.251 e. The molecule has 0 bridgehead atoms. The average Bonchev–Trinajstić information content (AvgIpc) is 3.25. The van der Waals surface area contributed by atoms with Crippen LogP contribution in [-0.2, 0) is 17.8 Å². The molecule has 1 heterocycles. The molecule has 3 rings (SSSR count). The van der Waals surface area contributed by atoms with Gasteiger partial charge in [-0.25, -0.2) is 4.98 Å². The van der Waals surface area contributed by atoms with Gasteiger partial charge in [0, 0.05) is 32.1 Å². The second-order valence-corrected chi connectivity index (χ2v) is 8.55.